The van der Waals surface area contributed by atoms with Crippen LogP contribution in [0.5, 0.6) is 0 Å². The molecule has 1 atom stereocenters. The van der Waals surface area contributed by atoms with Gasteiger partial charge < -0.3 is 19.5 Å². The van der Waals surface area contributed by atoms with Crippen molar-refractivity contribution in [3.8, 4) is 0 Å². The van der Waals surface area contributed by atoms with E-state index in [9.17, 15) is 14.4 Å². The molecule has 7 heteroatoms. The van der Waals surface area contributed by atoms with Gasteiger partial charge in [0.15, 0.2) is 0 Å². The first-order chi connectivity index (χ1) is 13.7. The van der Waals surface area contributed by atoms with Crippen LogP contribution in [-0.4, -0.2) is 35.8 Å². The largest absolute Gasteiger partial charge is 0.462 e. The van der Waals surface area contributed by atoms with Crippen molar-refractivity contribution in [2.24, 2.45) is 0 Å². The number of alkyl carbamates (subject to hydrolysis) is 1. The quantitative estimate of drug-likeness (QED) is 0.521. The Morgan fingerprint density at radius 1 is 1.10 bits per heavy atom. The zero-order valence-corrected chi connectivity index (χ0v) is 17.4. The Bertz CT molecular complexity index is 676. The minimum Gasteiger partial charge on any atom is -0.462 e. The van der Waals surface area contributed by atoms with E-state index in [-0.39, 0.29) is 31.5 Å². The number of nitrogens with one attached hydrogen (secondary N) is 1. The zero-order valence-electron chi connectivity index (χ0n) is 17.4. The first-order valence-electron chi connectivity index (χ1n) is 10.1. The van der Waals surface area contributed by atoms with E-state index in [1.807, 2.05) is 30.3 Å². The molecule has 0 bridgehead atoms. The van der Waals surface area contributed by atoms with Gasteiger partial charge in [-0.1, -0.05) is 30.3 Å². The molecule has 0 radical (unpaired) electrons. The first-order valence-corrected chi connectivity index (χ1v) is 10.1. The summed E-state index contributed by atoms with van der Waals surface area (Å²) in [6, 6.07) is 8.24. The molecule has 1 aromatic carbocycles. The Balaban J connectivity index is 1.90. The second kappa shape index (κ2) is 10.8. The predicted octanol–water partition coefficient (Wildman–Crippen LogP) is 3.89. The Labute approximate surface area is 172 Å². The summed E-state index contributed by atoms with van der Waals surface area (Å²) in [5, 5.41) is 2.52. The van der Waals surface area contributed by atoms with Crippen LogP contribution in [0.3, 0.4) is 0 Å². The van der Waals surface area contributed by atoms with Crippen LogP contribution >= 0.6 is 0 Å². The van der Waals surface area contributed by atoms with Crippen molar-refractivity contribution < 1.29 is 28.6 Å². The van der Waals surface area contributed by atoms with Crippen LogP contribution in [0, 0.1) is 0 Å². The molecule has 1 aromatic rings. The molecule has 1 amide bonds. The van der Waals surface area contributed by atoms with Gasteiger partial charge in [0, 0.05) is 6.42 Å². The second-order valence-electron chi connectivity index (χ2n) is 8.23. The lowest BCUT2D eigenvalue weighted by Crippen LogP contribution is -2.44. The number of esters is 2. The summed E-state index contributed by atoms with van der Waals surface area (Å²) in [7, 11) is 0. The van der Waals surface area contributed by atoms with Crippen LogP contribution < -0.4 is 5.32 Å². The van der Waals surface area contributed by atoms with Gasteiger partial charge in [0.1, 0.15) is 24.4 Å². The molecule has 160 valence electrons. The van der Waals surface area contributed by atoms with Crippen LogP contribution in [-0.2, 0) is 30.4 Å². The average molecular weight is 405 g/mol. The van der Waals surface area contributed by atoms with Gasteiger partial charge in [-0.2, -0.15) is 0 Å². The lowest BCUT2D eigenvalue weighted by atomic mass is 10.1. The summed E-state index contributed by atoms with van der Waals surface area (Å²) in [5.74, 6) is -0.989. The van der Waals surface area contributed by atoms with E-state index in [0.29, 0.717) is 0 Å². The molecule has 1 saturated carbocycles. The third-order valence-corrected chi connectivity index (χ3v) is 4.44. The molecular formula is C22H31NO6. The lowest BCUT2D eigenvalue weighted by Gasteiger charge is -2.23. The number of hydrogen-bond acceptors (Lipinski definition) is 6. The van der Waals surface area contributed by atoms with Gasteiger partial charge in [-0.25, -0.2) is 9.59 Å². The molecule has 0 aliphatic heterocycles. The maximum Gasteiger partial charge on any atom is 0.408 e. The van der Waals surface area contributed by atoms with Gasteiger partial charge in [0.25, 0.3) is 0 Å². The van der Waals surface area contributed by atoms with Crippen molar-refractivity contribution in [1.29, 1.82) is 0 Å². The predicted molar refractivity (Wildman–Crippen MR) is 107 cm³/mol. The minimum atomic E-state index is -0.996. The van der Waals surface area contributed by atoms with Crippen molar-refractivity contribution in [1.82, 2.24) is 5.32 Å². The van der Waals surface area contributed by atoms with E-state index >= 15 is 0 Å². The summed E-state index contributed by atoms with van der Waals surface area (Å²) in [4.78, 5) is 36.7. The fourth-order valence-electron chi connectivity index (χ4n) is 3.04. The molecular weight excluding hydrogens is 374 g/mol. The van der Waals surface area contributed by atoms with E-state index in [1.54, 1.807) is 20.8 Å². The Kier molecular flexibility index (Phi) is 8.49. The SMILES string of the molecule is CC(C)(C)OC(=O)N[C@@H](CCC(=O)OC1CCCC1)C(=O)OCc1ccccc1. The van der Waals surface area contributed by atoms with Gasteiger partial charge in [0.05, 0.1) is 0 Å². The molecule has 1 fully saturated rings. The van der Waals surface area contributed by atoms with Crippen LogP contribution in [0.1, 0.15) is 64.9 Å². The number of amides is 1. The van der Waals surface area contributed by atoms with Crippen molar-refractivity contribution in [2.45, 2.75) is 83.6 Å². The number of ether oxygens (including phenoxy) is 3. The maximum atomic E-state index is 12.5. The topological polar surface area (TPSA) is 90.9 Å². The van der Waals surface area contributed by atoms with Crippen molar-refractivity contribution >= 4 is 18.0 Å². The zero-order chi connectivity index (χ0) is 21.3. The second-order valence-corrected chi connectivity index (χ2v) is 8.23. The molecule has 0 spiro atoms. The smallest absolute Gasteiger partial charge is 0.408 e. The third-order valence-electron chi connectivity index (χ3n) is 4.44. The summed E-state index contributed by atoms with van der Waals surface area (Å²) in [6.45, 7) is 5.27. The number of benzene rings is 1. The van der Waals surface area contributed by atoms with Gasteiger partial charge in [-0.15, -0.1) is 0 Å². The number of carbonyl (C=O) groups is 3. The van der Waals surface area contributed by atoms with Crippen molar-refractivity contribution in [3.63, 3.8) is 0 Å². The van der Waals surface area contributed by atoms with E-state index in [0.717, 1.165) is 31.2 Å². The Hall–Kier alpha value is -2.57. The molecule has 1 aliphatic rings. The third kappa shape index (κ3) is 8.98. The van der Waals surface area contributed by atoms with Gasteiger partial charge in [0.2, 0.25) is 0 Å². The number of rotatable bonds is 8. The molecule has 0 aromatic heterocycles. The highest BCUT2D eigenvalue weighted by molar-refractivity contribution is 5.82. The molecule has 0 unspecified atom stereocenters. The van der Waals surface area contributed by atoms with E-state index in [4.69, 9.17) is 14.2 Å². The number of carbonyl (C=O) groups excluding carboxylic acids is 3. The fourth-order valence-corrected chi connectivity index (χ4v) is 3.04. The van der Waals surface area contributed by atoms with Gasteiger partial charge in [-0.05, 0) is 58.4 Å². The van der Waals surface area contributed by atoms with Crippen LogP contribution in [0.2, 0.25) is 0 Å². The highest BCUT2D eigenvalue weighted by Gasteiger charge is 2.27. The molecule has 0 heterocycles. The molecule has 1 aliphatic carbocycles. The van der Waals surface area contributed by atoms with Gasteiger partial charge in [-0.3, -0.25) is 4.79 Å². The fraction of sp³-hybridized carbons (Fsp3) is 0.591. The monoisotopic (exact) mass is 405 g/mol. The molecule has 2 rings (SSSR count). The van der Waals surface area contributed by atoms with E-state index in [2.05, 4.69) is 5.32 Å². The minimum absolute atomic E-state index is 0.0113. The summed E-state index contributed by atoms with van der Waals surface area (Å²) in [6.07, 6.45) is 3.21. The average Bonchev–Trinajstić information content (AvgIpc) is 3.15. The van der Waals surface area contributed by atoms with Crippen LogP contribution in [0.4, 0.5) is 4.79 Å². The van der Waals surface area contributed by atoms with E-state index in [1.165, 1.54) is 0 Å². The lowest BCUT2D eigenvalue weighted by molar-refractivity contribution is -0.150. The van der Waals surface area contributed by atoms with Crippen molar-refractivity contribution in [3.05, 3.63) is 35.9 Å². The molecule has 7 nitrogen and oxygen atoms in total. The van der Waals surface area contributed by atoms with Crippen LogP contribution in [0.15, 0.2) is 30.3 Å². The highest BCUT2D eigenvalue weighted by atomic mass is 16.6. The van der Waals surface area contributed by atoms with Crippen LogP contribution in [0.25, 0.3) is 0 Å². The summed E-state index contributed by atoms with van der Waals surface area (Å²) < 4.78 is 16.0. The first kappa shape index (κ1) is 22.7. The van der Waals surface area contributed by atoms with Gasteiger partial charge >= 0.3 is 18.0 Å². The molecule has 29 heavy (non-hydrogen) atoms. The summed E-state index contributed by atoms with van der Waals surface area (Å²) in [5.41, 5.74) is 0.127. The van der Waals surface area contributed by atoms with Crippen molar-refractivity contribution in [2.75, 3.05) is 0 Å². The molecule has 1 N–H and O–H groups in total. The summed E-state index contributed by atoms with van der Waals surface area (Å²) >= 11 is 0. The highest BCUT2D eigenvalue weighted by Crippen LogP contribution is 2.21. The standard InChI is InChI=1S/C22H31NO6/c1-22(2,3)29-21(26)23-18(13-14-19(24)28-17-11-7-8-12-17)20(25)27-15-16-9-5-4-6-10-16/h4-6,9-10,17-18H,7-8,11-15H2,1-3H3,(H,23,26)/t18-/m0/s1. The Morgan fingerprint density at radius 2 is 1.76 bits per heavy atom. The molecule has 0 saturated heterocycles. The number of hydrogen-bond donors (Lipinski definition) is 1. The van der Waals surface area contributed by atoms with E-state index < -0.39 is 23.7 Å². The maximum absolute atomic E-state index is 12.5. The Morgan fingerprint density at radius 3 is 2.38 bits per heavy atom. The normalized spacial score (nSPS) is 15.4.